The van der Waals surface area contributed by atoms with Crippen molar-refractivity contribution < 1.29 is 14.6 Å². The Kier molecular flexibility index (Phi) is 5.93. The highest BCUT2D eigenvalue weighted by atomic mass is 32.1. The lowest BCUT2D eigenvalue weighted by Crippen LogP contribution is -2.39. The van der Waals surface area contributed by atoms with Crippen molar-refractivity contribution in [2.24, 2.45) is 5.92 Å². The molecule has 0 saturated carbocycles. The maximum Gasteiger partial charge on any atom is 0.306 e. The van der Waals surface area contributed by atoms with Gasteiger partial charge >= 0.3 is 5.97 Å². The second kappa shape index (κ2) is 9.15. The van der Waals surface area contributed by atoms with Crippen LogP contribution in [0.4, 0.5) is 0 Å². The Morgan fingerprint density at radius 3 is 2.38 bits per heavy atom. The number of benzene rings is 3. The number of hydrogen-bond acceptors (Lipinski definition) is 4. The number of carbonyl (C=O) groups is 1. The van der Waals surface area contributed by atoms with Gasteiger partial charge in [-0.2, -0.15) is 0 Å². The van der Waals surface area contributed by atoms with Crippen molar-refractivity contribution >= 4 is 27.4 Å². The molecule has 1 aliphatic rings. The van der Waals surface area contributed by atoms with Crippen LogP contribution in [-0.4, -0.2) is 29.1 Å². The average Bonchev–Trinajstić information content (AvgIpc) is 3.24. The van der Waals surface area contributed by atoms with Gasteiger partial charge in [0.1, 0.15) is 11.5 Å². The van der Waals surface area contributed by atoms with E-state index in [1.807, 2.05) is 53.8 Å². The molecule has 1 aliphatic heterocycles. The Hall–Kier alpha value is -3.15. The second-order valence-electron chi connectivity index (χ2n) is 8.23. The first-order valence-corrected chi connectivity index (χ1v) is 11.8. The van der Waals surface area contributed by atoms with Crippen molar-refractivity contribution in [2.75, 3.05) is 13.1 Å². The van der Waals surface area contributed by atoms with Crippen LogP contribution in [-0.2, 0) is 4.79 Å². The standard InChI is InChI=1S/C27H25NO3S/c29-27(30)19-13-15-28(16-14-19)26(25-18-20-7-4-5-12-24(20)32-25)21-8-6-11-23(17-21)31-22-9-2-1-3-10-22/h1-12,17-19,26H,13-16H2,(H,29,30). The summed E-state index contributed by atoms with van der Waals surface area (Å²) in [5, 5.41) is 10.7. The molecule has 5 heteroatoms. The third kappa shape index (κ3) is 4.40. The maximum atomic E-state index is 11.5. The van der Waals surface area contributed by atoms with Gasteiger partial charge in [-0.05, 0) is 73.3 Å². The van der Waals surface area contributed by atoms with E-state index in [1.54, 1.807) is 0 Å². The molecule has 162 valence electrons. The van der Waals surface area contributed by atoms with E-state index < -0.39 is 5.97 Å². The molecule has 4 aromatic rings. The van der Waals surface area contributed by atoms with Crippen molar-refractivity contribution in [3.8, 4) is 11.5 Å². The van der Waals surface area contributed by atoms with E-state index in [0.717, 1.165) is 24.6 Å². The molecule has 0 radical (unpaired) electrons. The summed E-state index contributed by atoms with van der Waals surface area (Å²) in [5.74, 6) is 0.689. The van der Waals surface area contributed by atoms with Gasteiger partial charge in [-0.15, -0.1) is 11.3 Å². The number of carboxylic acids is 1. The van der Waals surface area contributed by atoms with Crippen LogP contribution < -0.4 is 4.74 Å². The maximum absolute atomic E-state index is 11.5. The fraction of sp³-hybridized carbons (Fsp3) is 0.222. The Balaban J connectivity index is 1.50. The largest absolute Gasteiger partial charge is 0.481 e. The number of rotatable bonds is 6. The molecular formula is C27H25NO3S. The summed E-state index contributed by atoms with van der Waals surface area (Å²) in [6.07, 6.45) is 1.36. The van der Waals surface area contributed by atoms with Crippen LogP contribution in [0.2, 0.25) is 0 Å². The zero-order valence-corrected chi connectivity index (χ0v) is 18.5. The fourth-order valence-electron chi connectivity index (χ4n) is 4.47. The molecule has 1 N–H and O–H groups in total. The Bertz CT molecular complexity index is 1180. The van der Waals surface area contributed by atoms with Crippen LogP contribution >= 0.6 is 11.3 Å². The number of thiophene rings is 1. The molecule has 1 fully saturated rings. The number of ether oxygens (including phenoxy) is 1. The predicted octanol–water partition coefficient (Wildman–Crippen LogP) is 6.58. The number of likely N-dealkylation sites (tertiary alicyclic amines) is 1. The molecule has 0 aliphatic carbocycles. The van der Waals surface area contributed by atoms with Crippen molar-refractivity contribution in [3.05, 3.63) is 95.4 Å². The number of carboxylic acid groups (broad SMARTS) is 1. The minimum absolute atomic E-state index is 0.0708. The monoisotopic (exact) mass is 443 g/mol. The molecule has 1 unspecified atom stereocenters. The van der Waals surface area contributed by atoms with E-state index in [2.05, 4.69) is 47.4 Å². The van der Waals surface area contributed by atoms with Gasteiger partial charge in [0, 0.05) is 9.58 Å². The van der Waals surface area contributed by atoms with Crippen molar-refractivity contribution in [1.29, 1.82) is 0 Å². The minimum Gasteiger partial charge on any atom is -0.481 e. The van der Waals surface area contributed by atoms with Crippen molar-refractivity contribution in [2.45, 2.75) is 18.9 Å². The zero-order chi connectivity index (χ0) is 21.9. The molecular weight excluding hydrogens is 418 g/mol. The topological polar surface area (TPSA) is 49.8 Å². The molecule has 1 atom stereocenters. The number of fused-ring (bicyclic) bond motifs is 1. The van der Waals surface area contributed by atoms with Gasteiger partial charge in [0.25, 0.3) is 0 Å². The van der Waals surface area contributed by atoms with Crippen LogP contribution in [0.1, 0.15) is 29.3 Å². The average molecular weight is 444 g/mol. The first kappa shape index (κ1) is 20.7. The van der Waals surface area contributed by atoms with Gasteiger partial charge in [-0.1, -0.05) is 48.5 Å². The third-order valence-electron chi connectivity index (χ3n) is 6.11. The molecule has 0 spiro atoms. The van der Waals surface area contributed by atoms with Gasteiger partial charge < -0.3 is 9.84 Å². The first-order chi connectivity index (χ1) is 15.7. The van der Waals surface area contributed by atoms with E-state index in [-0.39, 0.29) is 12.0 Å². The van der Waals surface area contributed by atoms with Gasteiger partial charge in [0.15, 0.2) is 0 Å². The second-order valence-corrected chi connectivity index (χ2v) is 9.34. The number of para-hydroxylation sites is 1. The van der Waals surface area contributed by atoms with Crippen LogP contribution in [0.25, 0.3) is 10.1 Å². The molecule has 3 aromatic carbocycles. The molecule has 4 nitrogen and oxygen atoms in total. The molecule has 5 rings (SSSR count). The highest BCUT2D eigenvalue weighted by Crippen LogP contribution is 2.39. The smallest absolute Gasteiger partial charge is 0.306 e. The summed E-state index contributed by atoms with van der Waals surface area (Å²) < 4.78 is 7.38. The molecule has 1 saturated heterocycles. The van der Waals surface area contributed by atoms with Gasteiger partial charge in [-0.25, -0.2) is 0 Å². The van der Waals surface area contributed by atoms with Crippen LogP contribution in [0.3, 0.4) is 0 Å². The lowest BCUT2D eigenvalue weighted by molar-refractivity contribution is -0.143. The Morgan fingerprint density at radius 1 is 0.906 bits per heavy atom. The van der Waals surface area contributed by atoms with Crippen LogP contribution in [0.5, 0.6) is 11.5 Å². The van der Waals surface area contributed by atoms with E-state index >= 15 is 0 Å². The molecule has 0 bridgehead atoms. The summed E-state index contributed by atoms with van der Waals surface area (Å²) in [4.78, 5) is 15.2. The summed E-state index contributed by atoms with van der Waals surface area (Å²) in [7, 11) is 0. The summed E-state index contributed by atoms with van der Waals surface area (Å²) in [5.41, 5.74) is 1.17. The molecule has 32 heavy (non-hydrogen) atoms. The summed E-state index contributed by atoms with van der Waals surface area (Å²) >= 11 is 1.81. The van der Waals surface area contributed by atoms with Crippen LogP contribution in [0.15, 0.2) is 84.9 Å². The van der Waals surface area contributed by atoms with E-state index in [1.165, 1.54) is 20.5 Å². The molecule has 0 amide bonds. The summed E-state index contributed by atoms with van der Waals surface area (Å²) in [6.45, 7) is 1.53. The van der Waals surface area contributed by atoms with Crippen molar-refractivity contribution in [3.63, 3.8) is 0 Å². The number of nitrogens with zero attached hydrogens (tertiary/aromatic N) is 1. The lowest BCUT2D eigenvalue weighted by Gasteiger charge is -2.36. The summed E-state index contributed by atoms with van der Waals surface area (Å²) in [6, 6.07) is 28.9. The van der Waals surface area contributed by atoms with E-state index in [9.17, 15) is 9.90 Å². The minimum atomic E-state index is -0.679. The SMILES string of the molecule is O=C(O)C1CCN(C(c2cccc(Oc3ccccc3)c2)c2cc3ccccc3s2)CC1. The number of piperidine rings is 1. The van der Waals surface area contributed by atoms with Crippen LogP contribution in [0, 0.1) is 5.92 Å². The Morgan fingerprint density at radius 2 is 1.62 bits per heavy atom. The number of aliphatic carboxylic acids is 1. The molecule has 2 heterocycles. The predicted molar refractivity (Wildman–Crippen MR) is 129 cm³/mol. The first-order valence-electron chi connectivity index (χ1n) is 11.0. The number of hydrogen-bond donors (Lipinski definition) is 1. The van der Waals surface area contributed by atoms with Crippen molar-refractivity contribution in [1.82, 2.24) is 4.90 Å². The third-order valence-corrected chi connectivity index (χ3v) is 7.28. The highest BCUT2D eigenvalue weighted by Gasteiger charge is 2.31. The lowest BCUT2D eigenvalue weighted by atomic mass is 9.93. The van der Waals surface area contributed by atoms with Gasteiger partial charge in [0.2, 0.25) is 0 Å². The van der Waals surface area contributed by atoms with Gasteiger partial charge in [-0.3, -0.25) is 9.69 Å². The molecule has 1 aromatic heterocycles. The highest BCUT2D eigenvalue weighted by molar-refractivity contribution is 7.19. The Labute approximate surface area is 191 Å². The van der Waals surface area contributed by atoms with E-state index in [4.69, 9.17) is 4.74 Å². The quantitative estimate of drug-likeness (QED) is 0.366. The fourth-order valence-corrected chi connectivity index (χ4v) is 5.70. The normalized spacial score (nSPS) is 16.1. The van der Waals surface area contributed by atoms with E-state index in [0.29, 0.717) is 12.8 Å². The zero-order valence-electron chi connectivity index (χ0n) is 17.7. The van der Waals surface area contributed by atoms with Gasteiger partial charge in [0.05, 0.1) is 12.0 Å².